The molecular weight excluding hydrogens is 204 g/mol. The van der Waals surface area contributed by atoms with E-state index in [-0.39, 0.29) is 0 Å². The summed E-state index contributed by atoms with van der Waals surface area (Å²) in [6, 6.07) is 0. The summed E-state index contributed by atoms with van der Waals surface area (Å²) in [6.07, 6.45) is 3.75. The van der Waals surface area contributed by atoms with E-state index in [1.54, 1.807) is 0 Å². The zero-order valence-electron chi connectivity index (χ0n) is 16.1. The number of rotatable bonds is 0. The van der Waals surface area contributed by atoms with E-state index in [2.05, 4.69) is 41.5 Å². The molecule has 0 saturated carbocycles. The standard InChI is InChI=1S/3C3H8.4C2H6/c3*1-3-2;4*1-2/h3*3H2,1-2H3;4*1-2H3. The van der Waals surface area contributed by atoms with Crippen molar-refractivity contribution < 1.29 is 0 Å². The molecule has 0 saturated heterocycles. The molecule has 0 radical (unpaired) electrons. The van der Waals surface area contributed by atoms with E-state index in [9.17, 15) is 0 Å². The van der Waals surface area contributed by atoms with Crippen LogP contribution in [0.15, 0.2) is 0 Å². The molecule has 0 bridgehead atoms. The molecule has 0 aliphatic heterocycles. The molecule has 0 aromatic rings. The Kier molecular flexibility index (Phi) is 1020. The molecule has 17 heavy (non-hydrogen) atoms. The molecule has 0 aliphatic rings. The van der Waals surface area contributed by atoms with Crippen molar-refractivity contribution in [3.63, 3.8) is 0 Å². The third-order valence-electron chi connectivity index (χ3n) is 0. The van der Waals surface area contributed by atoms with Crippen LogP contribution in [-0.4, -0.2) is 0 Å². The predicted molar refractivity (Wildman–Crippen MR) is 93.3 cm³/mol. The van der Waals surface area contributed by atoms with Gasteiger partial charge in [-0.05, 0) is 0 Å². The Labute approximate surface area is 117 Å². The zero-order valence-corrected chi connectivity index (χ0v) is 16.1. The lowest BCUT2D eigenvalue weighted by Crippen LogP contribution is -1.27. The molecule has 0 unspecified atom stereocenters. The van der Waals surface area contributed by atoms with Crippen molar-refractivity contribution in [3.8, 4) is 0 Å². The van der Waals surface area contributed by atoms with Gasteiger partial charge in [-0.25, -0.2) is 0 Å². The first-order chi connectivity index (χ1) is 8.24. The minimum absolute atomic E-state index is 1.25. The second-order valence-corrected chi connectivity index (χ2v) is 2.12. The summed E-state index contributed by atoms with van der Waals surface area (Å²) in [4.78, 5) is 0. The molecule has 0 amide bonds. The third-order valence-corrected chi connectivity index (χ3v) is 0. The van der Waals surface area contributed by atoms with Crippen LogP contribution < -0.4 is 0 Å². The molecule has 0 aromatic carbocycles. The van der Waals surface area contributed by atoms with E-state index >= 15 is 0 Å². The molecule has 0 aliphatic carbocycles. The second-order valence-electron chi connectivity index (χ2n) is 2.12. The van der Waals surface area contributed by atoms with Gasteiger partial charge in [0.1, 0.15) is 0 Å². The number of hydrogen-bond acceptors (Lipinski definition) is 0. The van der Waals surface area contributed by atoms with Crippen molar-refractivity contribution >= 4 is 0 Å². The van der Waals surface area contributed by atoms with Gasteiger partial charge in [0.25, 0.3) is 0 Å². The molecule has 0 rings (SSSR count). The summed E-state index contributed by atoms with van der Waals surface area (Å²) < 4.78 is 0. The summed E-state index contributed by atoms with van der Waals surface area (Å²) in [5.41, 5.74) is 0. The highest BCUT2D eigenvalue weighted by Gasteiger charge is 1.36. The van der Waals surface area contributed by atoms with Gasteiger partial charge >= 0.3 is 0 Å². The molecule has 0 aromatic heterocycles. The summed E-state index contributed by atoms with van der Waals surface area (Å²) in [6.45, 7) is 28.8. The molecule has 0 fully saturated rings. The van der Waals surface area contributed by atoms with Crippen LogP contribution in [0.4, 0.5) is 0 Å². The first-order valence-electron chi connectivity index (χ1n) is 8.24. The topological polar surface area (TPSA) is 0 Å². The fourth-order valence-corrected chi connectivity index (χ4v) is 0. The third kappa shape index (κ3) is 0. The van der Waals surface area contributed by atoms with Crippen LogP contribution in [0.1, 0.15) is 116 Å². The number of hydrogen-bond donors (Lipinski definition) is 0. The fourth-order valence-electron chi connectivity index (χ4n) is 0. The Bertz CT molecular complexity index is 4.75. The van der Waals surface area contributed by atoms with Gasteiger partial charge in [0.15, 0.2) is 0 Å². The van der Waals surface area contributed by atoms with Crippen LogP contribution in [0.2, 0.25) is 0 Å². The minimum Gasteiger partial charge on any atom is -0.0683 e. The summed E-state index contributed by atoms with van der Waals surface area (Å²) >= 11 is 0. The maximum atomic E-state index is 2.12. The first-order valence-corrected chi connectivity index (χ1v) is 8.24. The lowest BCUT2D eigenvalue weighted by atomic mass is 10.6. The zero-order chi connectivity index (χ0) is 16.1. The van der Waals surface area contributed by atoms with E-state index in [0.717, 1.165) is 0 Å². The maximum absolute atomic E-state index is 2.12. The van der Waals surface area contributed by atoms with E-state index < -0.39 is 0 Å². The quantitative estimate of drug-likeness (QED) is 0.406. The predicted octanol–water partition coefficient (Wildman–Crippen LogP) is 8.35. The average Bonchev–Trinajstić information content (AvgIpc) is 2.41. The highest BCUT2D eigenvalue weighted by atomic mass is 13.4. The van der Waals surface area contributed by atoms with Gasteiger partial charge in [-0.2, -0.15) is 0 Å². The van der Waals surface area contributed by atoms with Crippen LogP contribution in [0.5, 0.6) is 0 Å². The van der Waals surface area contributed by atoms with Gasteiger partial charge in [-0.1, -0.05) is 116 Å². The van der Waals surface area contributed by atoms with E-state index in [4.69, 9.17) is 0 Å². The lowest BCUT2D eigenvalue weighted by molar-refractivity contribution is 1.09. The highest BCUT2D eigenvalue weighted by Crippen LogP contribution is 1.56. The van der Waals surface area contributed by atoms with Crippen molar-refractivity contribution in [3.05, 3.63) is 0 Å². The first kappa shape index (κ1) is 43.5. The monoisotopic (exact) mass is 252 g/mol. The molecule has 0 spiro atoms. The Morgan fingerprint density at radius 3 is 0.294 bits per heavy atom. The molecular formula is C17H48. The highest BCUT2D eigenvalue weighted by molar-refractivity contribution is 3.92. The van der Waals surface area contributed by atoms with Crippen molar-refractivity contribution in [1.29, 1.82) is 0 Å². The summed E-state index contributed by atoms with van der Waals surface area (Å²) in [7, 11) is 0. The van der Waals surface area contributed by atoms with Crippen LogP contribution in [0, 0.1) is 0 Å². The van der Waals surface area contributed by atoms with Gasteiger partial charge < -0.3 is 0 Å². The van der Waals surface area contributed by atoms with Gasteiger partial charge in [0.2, 0.25) is 0 Å². The van der Waals surface area contributed by atoms with Gasteiger partial charge in [0, 0.05) is 0 Å². The van der Waals surface area contributed by atoms with E-state index in [1.807, 2.05) is 55.4 Å². The maximum Gasteiger partial charge on any atom is -0.0590 e. The molecule has 0 heteroatoms. The van der Waals surface area contributed by atoms with Crippen molar-refractivity contribution in [1.82, 2.24) is 0 Å². The Morgan fingerprint density at radius 1 is 0.294 bits per heavy atom. The van der Waals surface area contributed by atoms with Crippen LogP contribution in [-0.2, 0) is 0 Å². The van der Waals surface area contributed by atoms with Crippen LogP contribution in [0.3, 0.4) is 0 Å². The lowest BCUT2D eigenvalue weighted by Gasteiger charge is -1.48. The van der Waals surface area contributed by atoms with Crippen LogP contribution in [0.25, 0.3) is 0 Å². The molecule has 0 atom stereocenters. The van der Waals surface area contributed by atoms with E-state index in [1.165, 1.54) is 19.3 Å². The fraction of sp³-hybridized carbons (Fsp3) is 1.00. The Morgan fingerprint density at radius 2 is 0.294 bits per heavy atom. The van der Waals surface area contributed by atoms with Gasteiger partial charge in [0.05, 0.1) is 0 Å². The average molecular weight is 253 g/mol. The van der Waals surface area contributed by atoms with Crippen molar-refractivity contribution in [2.45, 2.75) is 116 Å². The summed E-state index contributed by atoms with van der Waals surface area (Å²) in [5.74, 6) is 0. The smallest absolute Gasteiger partial charge is 0.0590 e. The largest absolute Gasteiger partial charge is 0.0683 e. The molecule has 0 nitrogen and oxygen atoms in total. The molecule has 0 N–H and O–H groups in total. The normalized spacial score (nSPS) is 4.59. The molecule has 116 valence electrons. The van der Waals surface area contributed by atoms with E-state index in [0.29, 0.717) is 0 Å². The minimum atomic E-state index is 1.25. The van der Waals surface area contributed by atoms with Crippen molar-refractivity contribution in [2.24, 2.45) is 0 Å². The summed E-state index contributed by atoms with van der Waals surface area (Å²) in [5, 5.41) is 0. The SMILES string of the molecule is CC.CC.CC.CC.CCC.CCC.CCC. The van der Waals surface area contributed by atoms with Gasteiger partial charge in [-0.3, -0.25) is 0 Å². The van der Waals surface area contributed by atoms with Crippen molar-refractivity contribution in [2.75, 3.05) is 0 Å². The molecule has 0 heterocycles. The second kappa shape index (κ2) is 400. The Balaban J connectivity index is -0.0000000139. The van der Waals surface area contributed by atoms with Gasteiger partial charge in [-0.15, -0.1) is 0 Å². The van der Waals surface area contributed by atoms with Crippen LogP contribution >= 0.6 is 0 Å². The Hall–Kier alpha value is 0.